The van der Waals surface area contributed by atoms with Crippen molar-refractivity contribution in [3.05, 3.63) is 23.8 Å². The maximum atomic E-state index is 12.2. The highest BCUT2D eigenvalue weighted by Gasteiger charge is 2.29. The van der Waals surface area contributed by atoms with Crippen LogP contribution in [0.5, 0.6) is 0 Å². The Labute approximate surface area is 126 Å². The van der Waals surface area contributed by atoms with Crippen molar-refractivity contribution < 1.29 is 4.79 Å². The smallest absolute Gasteiger partial charge is 0.251 e. The minimum absolute atomic E-state index is 0.0207. The van der Waals surface area contributed by atoms with Crippen LogP contribution in [-0.2, 0) is 0 Å². The molecule has 0 saturated carbocycles. The quantitative estimate of drug-likeness (QED) is 0.915. The van der Waals surface area contributed by atoms with Gasteiger partial charge in [-0.15, -0.1) is 0 Å². The predicted octanol–water partition coefficient (Wildman–Crippen LogP) is 2.89. The zero-order chi connectivity index (χ0) is 14.2. The molecule has 3 N–H and O–H groups in total. The molecule has 6 heteroatoms. The molecule has 1 aliphatic rings. The van der Waals surface area contributed by atoms with E-state index in [9.17, 15) is 4.79 Å². The summed E-state index contributed by atoms with van der Waals surface area (Å²) in [4.78, 5) is 16.4. The highest BCUT2D eigenvalue weighted by atomic mass is 32.2. The van der Waals surface area contributed by atoms with E-state index in [1.54, 1.807) is 6.07 Å². The van der Waals surface area contributed by atoms with E-state index in [-0.39, 0.29) is 10.7 Å². The number of rotatable bonds is 3. The number of fused-ring (bicyclic) bond motifs is 1. The first-order chi connectivity index (χ1) is 9.56. The lowest BCUT2D eigenvalue weighted by Crippen LogP contribution is -2.36. The molecule has 0 spiro atoms. The Morgan fingerprint density at radius 3 is 3.15 bits per heavy atom. The summed E-state index contributed by atoms with van der Waals surface area (Å²) in [7, 11) is 0. The van der Waals surface area contributed by atoms with Gasteiger partial charge in [-0.2, -0.15) is 11.8 Å². The normalized spacial score (nSPS) is 22.2. The molecule has 2 aromatic rings. The third kappa shape index (κ3) is 2.76. The van der Waals surface area contributed by atoms with Gasteiger partial charge in [0, 0.05) is 16.9 Å². The average molecular weight is 307 g/mol. The van der Waals surface area contributed by atoms with E-state index in [0.29, 0.717) is 10.7 Å². The van der Waals surface area contributed by atoms with Gasteiger partial charge in [-0.1, -0.05) is 11.3 Å². The summed E-state index contributed by atoms with van der Waals surface area (Å²) in [6.45, 7) is 2.94. The molecule has 1 unspecified atom stereocenters. The first kappa shape index (κ1) is 13.7. The molecule has 1 saturated heterocycles. The Morgan fingerprint density at radius 1 is 1.55 bits per heavy atom. The predicted molar refractivity (Wildman–Crippen MR) is 86.5 cm³/mol. The molecule has 20 heavy (non-hydrogen) atoms. The Hall–Kier alpha value is -1.27. The van der Waals surface area contributed by atoms with Crippen LogP contribution in [0.1, 0.15) is 30.1 Å². The second kappa shape index (κ2) is 5.26. The number of aromatic nitrogens is 1. The van der Waals surface area contributed by atoms with Gasteiger partial charge in [0.25, 0.3) is 5.91 Å². The maximum absolute atomic E-state index is 12.2. The molecule has 2 heterocycles. The number of nitrogen functional groups attached to an aromatic ring is 1. The molecule has 106 valence electrons. The topological polar surface area (TPSA) is 68.0 Å². The molecule has 4 nitrogen and oxygen atoms in total. The molecule has 0 radical (unpaired) electrons. The van der Waals surface area contributed by atoms with E-state index < -0.39 is 0 Å². The van der Waals surface area contributed by atoms with Crippen molar-refractivity contribution in [3.63, 3.8) is 0 Å². The summed E-state index contributed by atoms with van der Waals surface area (Å²) in [6.07, 6.45) is 2.41. The number of anilines is 1. The van der Waals surface area contributed by atoms with Gasteiger partial charge in [-0.3, -0.25) is 4.79 Å². The second-order valence-corrected chi connectivity index (χ2v) is 8.06. The summed E-state index contributed by atoms with van der Waals surface area (Å²) in [6, 6.07) is 5.52. The SMILES string of the molecule is CC1(CNC(=O)c2ccc3nc(N)sc3c2)CCCS1. The van der Waals surface area contributed by atoms with Crippen molar-refractivity contribution in [1.82, 2.24) is 10.3 Å². The van der Waals surface area contributed by atoms with Crippen molar-refractivity contribution in [3.8, 4) is 0 Å². The molecule has 1 fully saturated rings. The van der Waals surface area contributed by atoms with Crippen LogP contribution in [-0.4, -0.2) is 27.9 Å². The number of carbonyl (C=O) groups is 1. The minimum Gasteiger partial charge on any atom is -0.375 e. The van der Waals surface area contributed by atoms with Gasteiger partial charge in [-0.25, -0.2) is 4.98 Å². The Bertz CT molecular complexity index is 647. The monoisotopic (exact) mass is 307 g/mol. The lowest BCUT2D eigenvalue weighted by atomic mass is 10.1. The highest BCUT2D eigenvalue weighted by molar-refractivity contribution is 8.00. The van der Waals surface area contributed by atoms with Gasteiger partial charge in [-0.05, 0) is 43.7 Å². The van der Waals surface area contributed by atoms with Crippen molar-refractivity contribution in [2.75, 3.05) is 18.0 Å². The number of nitrogens with two attached hydrogens (primary N) is 1. The van der Waals surface area contributed by atoms with Gasteiger partial charge < -0.3 is 11.1 Å². The number of benzene rings is 1. The number of hydrogen-bond donors (Lipinski definition) is 2. The second-order valence-electron chi connectivity index (χ2n) is 5.32. The standard InChI is InChI=1S/C14H17N3OS2/c1-14(5-2-6-19-14)8-16-12(18)9-3-4-10-11(7-9)20-13(15)17-10/h3-4,7H,2,5-6,8H2,1H3,(H2,15,17)(H,16,18). The van der Waals surface area contributed by atoms with Crippen LogP contribution in [0.25, 0.3) is 10.2 Å². The first-order valence-electron chi connectivity index (χ1n) is 6.64. The molecule has 1 aliphatic heterocycles. The third-order valence-electron chi connectivity index (χ3n) is 3.59. The average Bonchev–Trinajstić information content (AvgIpc) is 3.00. The van der Waals surface area contributed by atoms with Crippen LogP contribution in [0.15, 0.2) is 18.2 Å². The largest absolute Gasteiger partial charge is 0.375 e. The number of carbonyl (C=O) groups excluding carboxylic acids is 1. The minimum atomic E-state index is -0.0207. The van der Waals surface area contributed by atoms with Gasteiger partial charge in [0.1, 0.15) is 0 Å². The number of thioether (sulfide) groups is 1. The van der Waals surface area contributed by atoms with E-state index in [1.165, 1.54) is 29.9 Å². The van der Waals surface area contributed by atoms with Crippen LogP contribution in [0.4, 0.5) is 5.13 Å². The lowest BCUT2D eigenvalue weighted by Gasteiger charge is -2.22. The van der Waals surface area contributed by atoms with Crippen molar-refractivity contribution >= 4 is 44.4 Å². The van der Waals surface area contributed by atoms with Crippen LogP contribution in [0.2, 0.25) is 0 Å². The Morgan fingerprint density at radius 2 is 2.40 bits per heavy atom. The molecular weight excluding hydrogens is 290 g/mol. The molecule has 3 rings (SSSR count). The molecule has 1 aromatic heterocycles. The Kier molecular flexibility index (Phi) is 3.60. The van der Waals surface area contributed by atoms with Gasteiger partial charge >= 0.3 is 0 Å². The number of hydrogen-bond acceptors (Lipinski definition) is 5. The van der Waals surface area contributed by atoms with Crippen LogP contribution < -0.4 is 11.1 Å². The summed E-state index contributed by atoms with van der Waals surface area (Å²) in [5, 5.41) is 3.58. The summed E-state index contributed by atoms with van der Waals surface area (Å²) < 4.78 is 1.14. The van der Waals surface area contributed by atoms with E-state index in [0.717, 1.165) is 16.8 Å². The highest BCUT2D eigenvalue weighted by Crippen LogP contribution is 2.37. The summed E-state index contributed by atoms with van der Waals surface area (Å²) >= 11 is 3.36. The zero-order valence-electron chi connectivity index (χ0n) is 11.3. The molecular formula is C14H17N3OS2. The molecule has 1 atom stereocenters. The number of nitrogens with zero attached hydrogens (tertiary/aromatic N) is 1. The van der Waals surface area contributed by atoms with E-state index in [1.807, 2.05) is 23.9 Å². The van der Waals surface area contributed by atoms with Crippen LogP contribution in [0.3, 0.4) is 0 Å². The number of thiazole rings is 1. The maximum Gasteiger partial charge on any atom is 0.251 e. The fraction of sp³-hybridized carbons (Fsp3) is 0.429. The number of nitrogens with one attached hydrogen (secondary N) is 1. The van der Waals surface area contributed by atoms with Gasteiger partial charge in [0.2, 0.25) is 0 Å². The third-order valence-corrected chi connectivity index (χ3v) is 5.98. The van der Waals surface area contributed by atoms with Crippen molar-refractivity contribution in [2.45, 2.75) is 24.5 Å². The van der Waals surface area contributed by atoms with Gasteiger partial charge in [0.15, 0.2) is 5.13 Å². The summed E-state index contributed by atoms with van der Waals surface area (Å²) in [5.41, 5.74) is 7.20. The fourth-order valence-electron chi connectivity index (χ4n) is 2.43. The van der Waals surface area contributed by atoms with E-state index in [4.69, 9.17) is 5.73 Å². The van der Waals surface area contributed by atoms with Gasteiger partial charge in [0.05, 0.1) is 10.2 Å². The molecule has 1 aromatic carbocycles. The number of amides is 1. The molecule has 0 aliphatic carbocycles. The fourth-order valence-corrected chi connectivity index (χ4v) is 4.45. The van der Waals surface area contributed by atoms with Crippen molar-refractivity contribution in [1.29, 1.82) is 0 Å². The van der Waals surface area contributed by atoms with Crippen molar-refractivity contribution in [2.24, 2.45) is 0 Å². The first-order valence-corrected chi connectivity index (χ1v) is 8.44. The van der Waals surface area contributed by atoms with Crippen LogP contribution >= 0.6 is 23.1 Å². The molecule has 1 amide bonds. The summed E-state index contributed by atoms with van der Waals surface area (Å²) in [5.74, 6) is 1.17. The van der Waals surface area contributed by atoms with E-state index in [2.05, 4.69) is 17.2 Å². The molecule has 0 bridgehead atoms. The zero-order valence-corrected chi connectivity index (χ0v) is 12.9. The van der Waals surface area contributed by atoms with E-state index >= 15 is 0 Å². The van der Waals surface area contributed by atoms with Crippen LogP contribution in [0, 0.1) is 0 Å². The lowest BCUT2D eigenvalue weighted by molar-refractivity contribution is 0.0950. The Balaban J connectivity index is 1.71.